The van der Waals surface area contributed by atoms with Gasteiger partial charge in [-0.25, -0.2) is 4.79 Å². The number of carbonyl (C=O) groups excluding carboxylic acids is 3. The molecule has 2 aliphatic rings. The largest absolute Gasteiger partial charge is 0.465 e. The van der Waals surface area contributed by atoms with Gasteiger partial charge in [-0.05, 0) is 31.9 Å². The van der Waals surface area contributed by atoms with Crippen LogP contribution in [-0.4, -0.2) is 30.6 Å². The average molecular weight is 331 g/mol. The summed E-state index contributed by atoms with van der Waals surface area (Å²) in [5, 5.41) is 2.76. The molecule has 0 radical (unpaired) electrons. The third-order valence-corrected chi connectivity index (χ3v) is 6.03. The van der Waals surface area contributed by atoms with Gasteiger partial charge in [0.25, 0.3) is 5.91 Å². The summed E-state index contributed by atoms with van der Waals surface area (Å²) in [5.74, 6) is -1.28. The highest BCUT2D eigenvalue weighted by atomic mass is 16.6. The van der Waals surface area contributed by atoms with E-state index < -0.39 is 28.3 Å². The molecule has 128 valence electrons. The number of nitrogens with one attached hydrogen (secondary N) is 1. The lowest BCUT2D eigenvalue weighted by molar-refractivity contribution is -0.165. The van der Waals surface area contributed by atoms with Crippen LogP contribution in [0, 0.1) is 10.8 Å². The predicted molar refractivity (Wildman–Crippen MR) is 86.4 cm³/mol. The van der Waals surface area contributed by atoms with E-state index in [2.05, 4.69) is 5.32 Å². The first-order chi connectivity index (χ1) is 11.2. The zero-order chi connectivity index (χ0) is 17.8. The first kappa shape index (κ1) is 16.5. The third-order valence-electron chi connectivity index (χ3n) is 6.03. The molecule has 1 heterocycles. The monoisotopic (exact) mass is 331 g/mol. The van der Waals surface area contributed by atoms with Crippen molar-refractivity contribution in [1.82, 2.24) is 0 Å². The van der Waals surface area contributed by atoms with Gasteiger partial charge in [-0.1, -0.05) is 26.0 Å². The van der Waals surface area contributed by atoms with Crippen LogP contribution in [0.5, 0.6) is 0 Å². The second-order valence-corrected chi connectivity index (χ2v) is 7.16. The maximum absolute atomic E-state index is 13.0. The molecule has 1 aromatic rings. The van der Waals surface area contributed by atoms with Gasteiger partial charge in [-0.2, -0.15) is 0 Å². The van der Waals surface area contributed by atoms with E-state index in [1.54, 1.807) is 24.3 Å². The lowest BCUT2D eigenvalue weighted by Crippen LogP contribution is -2.50. The summed E-state index contributed by atoms with van der Waals surface area (Å²) in [7, 11) is 1.28. The standard InChI is InChI=1S/C18H21NO5/c1-16(2)17(3)9-10-18(16,24-15(17)22)14(21)19-12-8-6-5-7-11(12)13(20)23-4/h5-8H,9-10H2,1-4H3,(H,19,21)/t17-,18+/m0/s1. The second-order valence-electron chi connectivity index (χ2n) is 7.16. The van der Waals surface area contributed by atoms with Crippen LogP contribution in [0.3, 0.4) is 0 Å². The summed E-state index contributed by atoms with van der Waals surface area (Å²) in [5.41, 5.74) is -1.93. The van der Waals surface area contributed by atoms with E-state index in [-0.39, 0.29) is 11.5 Å². The molecule has 3 rings (SSSR count). The van der Waals surface area contributed by atoms with Crippen LogP contribution in [0.25, 0.3) is 0 Å². The minimum absolute atomic E-state index is 0.257. The molecule has 0 unspecified atom stereocenters. The molecule has 6 heteroatoms. The number of esters is 2. The molecule has 1 amide bonds. The quantitative estimate of drug-likeness (QED) is 0.861. The first-order valence-corrected chi connectivity index (χ1v) is 7.92. The van der Waals surface area contributed by atoms with Crippen molar-refractivity contribution in [2.45, 2.75) is 39.2 Å². The smallest absolute Gasteiger partial charge is 0.339 e. The highest BCUT2D eigenvalue weighted by Crippen LogP contribution is 2.65. The number of hydrogen-bond acceptors (Lipinski definition) is 5. The normalized spacial score (nSPS) is 29.9. The summed E-state index contributed by atoms with van der Waals surface area (Å²) < 4.78 is 10.3. The minimum Gasteiger partial charge on any atom is -0.465 e. The molecule has 1 saturated carbocycles. The number of methoxy groups -OCH3 is 1. The highest BCUT2D eigenvalue weighted by molar-refractivity contribution is 6.06. The lowest BCUT2D eigenvalue weighted by Gasteiger charge is -2.35. The number of fused-ring (bicyclic) bond motifs is 2. The van der Waals surface area contributed by atoms with Crippen LogP contribution in [-0.2, 0) is 19.1 Å². The Bertz CT molecular complexity index is 741. The summed E-state index contributed by atoms with van der Waals surface area (Å²) >= 11 is 0. The number of benzene rings is 1. The highest BCUT2D eigenvalue weighted by Gasteiger charge is 2.75. The van der Waals surface area contributed by atoms with Gasteiger partial charge in [0.2, 0.25) is 0 Å². The van der Waals surface area contributed by atoms with Gasteiger partial charge in [-0.15, -0.1) is 0 Å². The number of rotatable bonds is 3. The van der Waals surface area contributed by atoms with Crippen molar-refractivity contribution < 1.29 is 23.9 Å². The molecule has 1 N–H and O–H groups in total. The number of carbonyl (C=O) groups is 3. The first-order valence-electron chi connectivity index (χ1n) is 7.92. The van der Waals surface area contributed by atoms with Gasteiger partial charge in [0, 0.05) is 5.41 Å². The Labute approximate surface area is 140 Å². The van der Waals surface area contributed by atoms with Gasteiger partial charge in [0.15, 0.2) is 5.60 Å². The van der Waals surface area contributed by atoms with Crippen molar-refractivity contribution >= 4 is 23.5 Å². The van der Waals surface area contributed by atoms with Crippen molar-refractivity contribution in [3.8, 4) is 0 Å². The van der Waals surface area contributed by atoms with E-state index in [1.807, 2.05) is 20.8 Å². The molecular formula is C18H21NO5. The molecule has 1 aliphatic heterocycles. The predicted octanol–water partition coefficient (Wildman–Crippen LogP) is 2.53. The molecule has 2 atom stereocenters. The van der Waals surface area contributed by atoms with Crippen molar-refractivity contribution in [3.05, 3.63) is 29.8 Å². The molecule has 6 nitrogen and oxygen atoms in total. The van der Waals surface area contributed by atoms with E-state index >= 15 is 0 Å². The van der Waals surface area contributed by atoms with Crippen LogP contribution in [0.15, 0.2) is 24.3 Å². The number of ether oxygens (including phenoxy) is 2. The van der Waals surface area contributed by atoms with E-state index in [0.29, 0.717) is 18.5 Å². The molecule has 0 spiro atoms. The Hall–Kier alpha value is -2.37. The Kier molecular flexibility index (Phi) is 3.48. The molecule has 2 fully saturated rings. The number of anilines is 1. The van der Waals surface area contributed by atoms with Gasteiger partial charge in [0.05, 0.1) is 23.8 Å². The molecule has 0 aromatic heterocycles. The maximum atomic E-state index is 13.0. The zero-order valence-electron chi connectivity index (χ0n) is 14.3. The molecule has 2 bridgehead atoms. The Morgan fingerprint density at radius 3 is 2.38 bits per heavy atom. The Morgan fingerprint density at radius 1 is 1.17 bits per heavy atom. The van der Waals surface area contributed by atoms with E-state index in [9.17, 15) is 14.4 Å². The van der Waals surface area contributed by atoms with Gasteiger partial charge < -0.3 is 14.8 Å². The Morgan fingerprint density at radius 2 is 1.83 bits per heavy atom. The van der Waals surface area contributed by atoms with Crippen LogP contribution in [0.4, 0.5) is 5.69 Å². The number of amides is 1. The van der Waals surface area contributed by atoms with Crippen LogP contribution >= 0.6 is 0 Å². The minimum atomic E-state index is -1.22. The summed E-state index contributed by atoms with van der Waals surface area (Å²) in [6, 6.07) is 6.60. The number of hydrogen-bond donors (Lipinski definition) is 1. The van der Waals surface area contributed by atoms with E-state index in [1.165, 1.54) is 7.11 Å². The molecular weight excluding hydrogens is 310 g/mol. The SMILES string of the molecule is COC(=O)c1ccccc1NC(=O)[C@@]12CC[C@@](C)(C(=O)O1)C2(C)C. The Balaban J connectivity index is 1.95. The van der Waals surface area contributed by atoms with Crippen molar-refractivity contribution in [2.24, 2.45) is 10.8 Å². The molecule has 1 aromatic carbocycles. The molecule has 1 aliphatic carbocycles. The maximum Gasteiger partial charge on any atom is 0.339 e. The fraction of sp³-hybridized carbons (Fsp3) is 0.500. The van der Waals surface area contributed by atoms with Crippen molar-refractivity contribution in [2.75, 3.05) is 12.4 Å². The van der Waals surface area contributed by atoms with Gasteiger partial charge in [-0.3, -0.25) is 9.59 Å². The lowest BCUT2D eigenvalue weighted by atomic mass is 9.66. The summed E-state index contributed by atoms with van der Waals surface area (Å²) in [6.45, 7) is 5.62. The van der Waals surface area contributed by atoms with E-state index in [0.717, 1.165) is 0 Å². The fourth-order valence-corrected chi connectivity index (χ4v) is 3.85. The van der Waals surface area contributed by atoms with Crippen LogP contribution in [0.1, 0.15) is 44.0 Å². The van der Waals surface area contributed by atoms with E-state index in [4.69, 9.17) is 9.47 Å². The summed E-state index contributed by atoms with van der Waals surface area (Å²) in [4.78, 5) is 37.2. The zero-order valence-corrected chi connectivity index (χ0v) is 14.3. The fourth-order valence-electron chi connectivity index (χ4n) is 3.85. The topological polar surface area (TPSA) is 81.7 Å². The third kappa shape index (κ3) is 1.85. The summed E-state index contributed by atoms with van der Waals surface area (Å²) in [6.07, 6.45) is 1.07. The van der Waals surface area contributed by atoms with Crippen LogP contribution < -0.4 is 5.32 Å². The number of para-hydroxylation sites is 1. The van der Waals surface area contributed by atoms with Gasteiger partial charge in [0.1, 0.15) is 0 Å². The van der Waals surface area contributed by atoms with Crippen LogP contribution in [0.2, 0.25) is 0 Å². The molecule has 24 heavy (non-hydrogen) atoms. The van der Waals surface area contributed by atoms with Gasteiger partial charge >= 0.3 is 11.9 Å². The molecule has 1 saturated heterocycles. The van der Waals surface area contributed by atoms with Crippen molar-refractivity contribution in [3.63, 3.8) is 0 Å². The average Bonchev–Trinajstić information content (AvgIpc) is 2.85. The van der Waals surface area contributed by atoms with Crippen molar-refractivity contribution in [1.29, 1.82) is 0 Å². The second kappa shape index (κ2) is 5.06.